The first-order valence-corrected chi connectivity index (χ1v) is 6.04. The van der Waals surface area contributed by atoms with Crippen LogP contribution in [0.4, 0.5) is 0 Å². The molecule has 0 radical (unpaired) electrons. The van der Waals surface area contributed by atoms with Gasteiger partial charge in [-0.2, -0.15) is 0 Å². The van der Waals surface area contributed by atoms with Gasteiger partial charge in [-0.25, -0.2) is 0 Å². The van der Waals surface area contributed by atoms with Crippen LogP contribution in [-0.2, 0) is 0 Å². The zero-order valence-corrected chi connectivity index (χ0v) is 10.5. The van der Waals surface area contributed by atoms with Gasteiger partial charge in [0.25, 0.3) is 5.56 Å². The summed E-state index contributed by atoms with van der Waals surface area (Å²) < 4.78 is 1.14. The fraction of sp³-hybridized carbons (Fsp3) is 0. The maximum atomic E-state index is 11.8. The predicted octanol–water partition coefficient (Wildman–Crippen LogP) is 3.29. The van der Waals surface area contributed by atoms with E-state index in [0.717, 1.165) is 25.2 Å². The Balaban J connectivity index is 2.67. The lowest BCUT2D eigenvalue weighted by atomic mass is 10.1. The molecule has 16 heavy (non-hydrogen) atoms. The van der Waals surface area contributed by atoms with E-state index in [2.05, 4.69) is 27.6 Å². The van der Waals surface area contributed by atoms with Crippen LogP contribution < -0.4 is 5.56 Å². The number of hydrogen-bond acceptors (Lipinski definition) is 1. The van der Waals surface area contributed by atoms with Gasteiger partial charge in [0.2, 0.25) is 0 Å². The summed E-state index contributed by atoms with van der Waals surface area (Å²) in [5.74, 6) is 0. The molecule has 0 spiro atoms. The molecular weight excluding hydrogens is 313 g/mol. The van der Waals surface area contributed by atoms with Crippen LogP contribution in [0.15, 0.2) is 47.3 Å². The summed E-state index contributed by atoms with van der Waals surface area (Å²) in [6.07, 6.45) is 0. The van der Waals surface area contributed by atoms with E-state index in [0.29, 0.717) is 0 Å². The highest BCUT2D eigenvalue weighted by Gasteiger charge is 2.04. The van der Waals surface area contributed by atoms with Crippen molar-refractivity contribution in [3.63, 3.8) is 0 Å². The smallest absolute Gasteiger partial charge is 0.256 e. The van der Waals surface area contributed by atoms with E-state index in [-0.39, 0.29) is 5.56 Å². The molecule has 3 heteroatoms. The summed E-state index contributed by atoms with van der Waals surface area (Å²) in [6, 6.07) is 13.8. The normalized spacial score (nSPS) is 11.1. The number of halogens is 1. The number of aromatic nitrogens is 1. The Morgan fingerprint density at radius 3 is 2.62 bits per heavy atom. The number of pyridine rings is 1. The molecule has 0 saturated carbocycles. The van der Waals surface area contributed by atoms with Gasteiger partial charge in [-0.1, -0.05) is 18.2 Å². The second-order valence-electron chi connectivity index (χ2n) is 3.69. The van der Waals surface area contributed by atoms with Gasteiger partial charge in [-0.15, -0.1) is 0 Å². The lowest BCUT2D eigenvalue weighted by Gasteiger charge is -2.03. The van der Waals surface area contributed by atoms with Crippen molar-refractivity contribution < 1.29 is 0 Å². The maximum absolute atomic E-state index is 11.8. The van der Waals surface area contributed by atoms with Crippen LogP contribution in [0.3, 0.4) is 0 Å². The average Bonchev–Trinajstić information content (AvgIpc) is 2.29. The first-order valence-electron chi connectivity index (χ1n) is 4.96. The van der Waals surface area contributed by atoms with Crippen LogP contribution in [0.5, 0.6) is 0 Å². The van der Waals surface area contributed by atoms with Crippen molar-refractivity contribution in [3.05, 3.63) is 56.4 Å². The first kappa shape index (κ1) is 9.84. The Kier molecular flexibility index (Phi) is 2.21. The molecule has 1 N–H and O–H groups in total. The van der Waals surface area contributed by atoms with Crippen LogP contribution in [0.25, 0.3) is 21.7 Å². The summed E-state index contributed by atoms with van der Waals surface area (Å²) >= 11 is 2.26. The van der Waals surface area contributed by atoms with Crippen LogP contribution in [0.2, 0.25) is 0 Å². The van der Waals surface area contributed by atoms with E-state index in [1.807, 2.05) is 42.5 Å². The quantitative estimate of drug-likeness (QED) is 0.500. The fourth-order valence-corrected chi connectivity index (χ4v) is 2.45. The van der Waals surface area contributed by atoms with Crippen molar-refractivity contribution in [2.24, 2.45) is 0 Å². The van der Waals surface area contributed by atoms with Gasteiger partial charge >= 0.3 is 0 Å². The molecule has 0 bridgehead atoms. The largest absolute Gasteiger partial charge is 0.321 e. The van der Waals surface area contributed by atoms with Gasteiger partial charge < -0.3 is 4.98 Å². The van der Waals surface area contributed by atoms with E-state index in [9.17, 15) is 4.79 Å². The Morgan fingerprint density at radius 2 is 1.75 bits per heavy atom. The third kappa shape index (κ3) is 1.43. The van der Waals surface area contributed by atoms with Crippen molar-refractivity contribution in [2.75, 3.05) is 0 Å². The SMILES string of the molecule is O=c1[nH]c2ccccc2c2cc(I)ccc12. The van der Waals surface area contributed by atoms with Crippen LogP contribution in [0, 0.1) is 3.57 Å². The van der Waals surface area contributed by atoms with Crippen molar-refractivity contribution in [2.45, 2.75) is 0 Å². The third-order valence-electron chi connectivity index (χ3n) is 2.69. The van der Waals surface area contributed by atoms with Gasteiger partial charge in [0.1, 0.15) is 0 Å². The van der Waals surface area contributed by atoms with E-state index in [4.69, 9.17) is 0 Å². The molecule has 0 unspecified atom stereocenters. The second-order valence-corrected chi connectivity index (χ2v) is 4.94. The van der Waals surface area contributed by atoms with Crippen LogP contribution >= 0.6 is 22.6 Å². The van der Waals surface area contributed by atoms with Crippen LogP contribution in [-0.4, -0.2) is 4.98 Å². The molecule has 0 aliphatic carbocycles. The minimum Gasteiger partial charge on any atom is -0.321 e. The highest BCUT2D eigenvalue weighted by atomic mass is 127. The molecule has 0 atom stereocenters. The number of H-pyrrole nitrogens is 1. The molecular formula is C13H8INO. The number of aromatic amines is 1. The number of rotatable bonds is 0. The Hall–Kier alpha value is -1.36. The van der Waals surface area contributed by atoms with E-state index in [1.165, 1.54) is 0 Å². The van der Waals surface area contributed by atoms with E-state index < -0.39 is 0 Å². The van der Waals surface area contributed by atoms with Gasteiger partial charge in [0, 0.05) is 19.9 Å². The molecule has 2 nitrogen and oxygen atoms in total. The standard InChI is InChI=1S/C13H8INO/c14-8-5-6-10-11(7-8)9-3-1-2-4-12(9)15-13(10)16/h1-7H,(H,15,16). The van der Waals surface area contributed by atoms with Crippen LogP contribution in [0.1, 0.15) is 0 Å². The maximum Gasteiger partial charge on any atom is 0.256 e. The molecule has 2 aromatic carbocycles. The summed E-state index contributed by atoms with van der Waals surface area (Å²) in [5.41, 5.74) is 0.868. The molecule has 3 aromatic rings. The first-order chi connectivity index (χ1) is 7.75. The van der Waals surface area contributed by atoms with E-state index in [1.54, 1.807) is 0 Å². The average molecular weight is 321 g/mol. The van der Waals surface area contributed by atoms with E-state index >= 15 is 0 Å². The lowest BCUT2D eigenvalue weighted by Crippen LogP contribution is -2.06. The Labute approximate surface area is 105 Å². The Morgan fingerprint density at radius 1 is 0.938 bits per heavy atom. The fourth-order valence-electron chi connectivity index (χ4n) is 1.95. The summed E-state index contributed by atoms with van der Waals surface area (Å²) in [5, 5.41) is 2.86. The van der Waals surface area contributed by atoms with Gasteiger partial charge in [-0.3, -0.25) is 4.79 Å². The number of para-hydroxylation sites is 1. The highest BCUT2D eigenvalue weighted by molar-refractivity contribution is 14.1. The second kappa shape index (κ2) is 3.59. The Bertz CT molecular complexity index is 746. The molecule has 78 valence electrons. The lowest BCUT2D eigenvalue weighted by molar-refractivity contribution is 1.34. The predicted molar refractivity (Wildman–Crippen MR) is 74.8 cm³/mol. The molecule has 3 rings (SSSR count). The zero-order valence-electron chi connectivity index (χ0n) is 8.33. The number of benzene rings is 2. The van der Waals surface area contributed by atoms with Crippen molar-refractivity contribution in [1.29, 1.82) is 0 Å². The summed E-state index contributed by atoms with van der Waals surface area (Å²) in [4.78, 5) is 14.7. The minimum absolute atomic E-state index is 0.0231. The molecule has 0 amide bonds. The topological polar surface area (TPSA) is 32.9 Å². The van der Waals surface area contributed by atoms with Crippen molar-refractivity contribution >= 4 is 44.3 Å². The molecule has 0 fully saturated rings. The monoisotopic (exact) mass is 321 g/mol. The summed E-state index contributed by atoms with van der Waals surface area (Å²) in [6.45, 7) is 0. The number of hydrogen-bond donors (Lipinski definition) is 1. The molecule has 1 aromatic heterocycles. The zero-order chi connectivity index (χ0) is 11.1. The van der Waals surface area contributed by atoms with Gasteiger partial charge in [0.15, 0.2) is 0 Å². The third-order valence-corrected chi connectivity index (χ3v) is 3.36. The summed E-state index contributed by atoms with van der Waals surface area (Å²) in [7, 11) is 0. The molecule has 0 aliphatic heterocycles. The van der Waals surface area contributed by atoms with Crippen molar-refractivity contribution in [1.82, 2.24) is 4.98 Å². The molecule has 1 heterocycles. The molecule has 0 aliphatic rings. The minimum atomic E-state index is -0.0231. The number of nitrogens with one attached hydrogen (secondary N) is 1. The molecule has 0 saturated heterocycles. The highest BCUT2D eigenvalue weighted by Crippen LogP contribution is 2.22. The van der Waals surface area contributed by atoms with Gasteiger partial charge in [-0.05, 0) is 52.2 Å². The number of fused-ring (bicyclic) bond motifs is 3. The van der Waals surface area contributed by atoms with Gasteiger partial charge in [0.05, 0.1) is 0 Å². The van der Waals surface area contributed by atoms with Crippen molar-refractivity contribution in [3.8, 4) is 0 Å².